The van der Waals surface area contributed by atoms with Crippen molar-refractivity contribution in [3.63, 3.8) is 0 Å². The molecule has 7 nitrogen and oxygen atoms in total. The molecule has 0 fully saturated rings. The Hall–Kier alpha value is -1.93. The maximum absolute atomic E-state index is 14.9. The monoisotopic (exact) mass is 478 g/mol. The Morgan fingerprint density at radius 3 is 1.35 bits per heavy atom. The third-order valence-electron chi connectivity index (χ3n) is 8.26. The molecule has 0 saturated carbocycles. The molecule has 0 aromatic rings. The number of carbonyl (C=O) groups is 1. The van der Waals surface area contributed by atoms with E-state index in [-0.39, 0.29) is 5.78 Å². The second-order valence-corrected chi connectivity index (χ2v) is 9.19. The summed E-state index contributed by atoms with van der Waals surface area (Å²) in [6.07, 6.45) is 11.0. The van der Waals surface area contributed by atoms with E-state index in [2.05, 4.69) is 0 Å². The standard InChI is InChI=1S/C27H42O7/c1-11-24(3,26(33-9)17-13-15-19(29-5)21(26)31-7)23(28)25(4,12-2)27(34-10)18-14-16-20(30-6)22(27)32-8/h13-18,21-22H,11-12H2,1-10H3. The Bertz CT molecular complexity index is 791. The van der Waals surface area contributed by atoms with Crippen molar-refractivity contribution in [3.8, 4) is 0 Å². The van der Waals surface area contributed by atoms with Gasteiger partial charge in [-0.15, -0.1) is 0 Å². The Labute approximate surface area is 204 Å². The fourth-order valence-electron chi connectivity index (χ4n) is 5.86. The van der Waals surface area contributed by atoms with Crippen LogP contribution >= 0.6 is 0 Å². The van der Waals surface area contributed by atoms with Gasteiger partial charge >= 0.3 is 0 Å². The number of ether oxygens (including phenoxy) is 6. The first-order valence-electron chi connectivity index (χ1n) is 11.7. The first-order chi connectivity index (χ1) is 16.1. The molecular formula is C27H42O7. The molecule has 0 bridgehead atoms. The molecule has 0 aromatic carbocycles. The van der Waals surface area contributed by atoms with Crippen LogP contribution in [0.5, 0.6) is 0 Å². The van der Waals surface area contributed by atoms with E-state index in [4.69, 9.17) is 28.4 Å². The van der Waals surface area contributed by atoms with Crippen LogP contribution in [0.3, 0.4) is 0 Å². The van der Waals surface area contributed by atoms with Gasteiger partial charge in [-0.05, 0) is 51.0 Å². The van der Waals surface area contributed by atoms with Gasteiger partial charge in [-0.1, -0.05) is 26.0 Å². The molecule has 6 atom stereocenters. The SMILES string of the molecule is CCC(C)(C(=O)C(C)(CC)C1(OC)C=CC=C(OC)C1OC)C1(OC)C=CC=C(OC)C1OC. The normalized spacial score (nSPS) is 32.3. The highest BCUT2D eigenvalue weighted by molar-refractivity contribution is 5.93. The summed E-state index contributed by atoms with van der Waals surface area (Å²) in [7, 11) is 9.59. The lowest BCUT2D eigenvalue weighted by molar-refractivity contribution is -0.199. The van der Waals surface area contributed by atoms with Crippen LogP contribution in [0.2, 0.25) is 0 Å². The lowest BCUT2D eigenvalue weighted by atomic mass is 9.53. The van der Waals surface area contributed by atoms with Gasteiger partial charge < -0.3 is 28.4 Å². The first-order valence-corrected chi connectivity index (χ1v) is 11.7. The topological polar surface area (TPSA) is 72.5 Å². The second-order valence-electron chi connectivity index (χ2n) is 9.19. The lowest BCUT2D eigenvalue weighted by Crippen LogP contribution is -2.68. The van der Waals surface area contributed by atoms with Gasteiger partial charge in [0.1, 0.15) is 34.9 Å². The third-order valence-corrected chi connectivity index (χ3v) is 8.26. The molecule has 0 N–H and O–H groups in total. The minimum atomic E-state index is -1.11. The summed E-state index contributed by atoms with van der Waals surface area (Å²) in [5, 5.41) is 0. The summed E-state index contributed by atoms with van der Waals surface area (Å²) in [6, 6.07) is 0. The third kappa shape index (κ3) is 3.77. The van der Waals surface area contributed by atoms with Crippen LogP contribution in [0.15, 0.2) is 48.0 Å². The molecule has 0 aliphatic heterocycles. The number of rotatable bonds is 12. The minimum Gasteiger partial charge on any atom is -0.498 e. The number of ketones is 1. The molecule has 2 rings (SSSR count). The van der Waals surface area contributed by atoms with E-state index in [0.717, 1.165) is 0 Å². The maximum Gasteiger partial charge on any atom is 0.151 e. The van der Waals surface area contributed by atoms with Gasteiger partial charge in [-0.2, -0.15) is 0 Å². The van der Waals surface area contributed by atoms with Crippen LogP contribution in [-0.4, -0.2) is 71.9 Å². The highest BCUT2D eigenvalue weighted by Gasteiger charge is 2.66. The molecule has 0 heterocycles. The Morgan fingerprint density at radius 2 is 1.12 bits per heavy atom. The average molecular weight is 479 g/mol. The molecule has 7 heteroatoms. The van der Waals surface area contributed by atoms with E-state index in [1.54, 1.807) is 42.7 Å². The molecule has 0 radical (unpaired) electrons. The van der Waals surface area contributed by atoms with Gasteiger partial charge in [0, 0.05) is 28.4 Å². The molecule has 6 unspecified atom stereocenters. The van der Waals surface area contributed by atoms with Crippen molar-refractivity contribution < 1.29 is 33.2 Å². The molecule has 2 aliphatic rings. The number of carbonyl (C=O) groups excluding carboxylic acids is 1. The quantitative estimate of drug-likeness (QED) is 0.412. The highest BCUT2D eigenvalue weighted by atomic mass is 16.6. The summed E-state index contributed by atoms with van der Waals surface area (Å²) >= 11 is 0. The van der Waals surface area contributed by atoms with Crippen LogP contribution < -0.4 is 0 Å². The molecule has 0 saturated heterocycles. The number of Topliss-reactive ketones (excluding diaryl/α,β-unsaturated/α-hetero) is 1. The van der Waals surface area contributed by atoms with E-state index in [9.17, 15) is 4.79 Å². The second kappa shape index (κ2) is 10.8. The smallest absolute Gasteiger partial charge is 0.151 e. The Balaban J connectivity index is 2.77. The maximum atomic E-state index is 14.9. The summed E-state index contributed by atoms with van der Waals surface area (Å²) in [6.45, 7) is 7.86. The largest absolute Gasteiger partial charge is 0.498 e. The number of hydrogen-bond acceptors (Lipinski definition) is 7. The van der Waals surface area contributed by atoms with Crippen LogP contribution in [0.1, 0.15) is 40.5 Å². The van der Waals surface area contributed by atoms with Gasteiger partial charge in [-0.3, -0.25) is 4.79 Å². The van der Waals surface area contributed by atoms with Crippen molar-refractivity contribution in [2.45, 2.75) is 63.9 Å². The predicted molar refractivity (Wildman–Crippen MR) is 131 cm³/mol. The lowest BCUT2D eigenvalue weighted by Gasteiger charge is -2.56. The molecule has 2 aliphatic carbocycles. The molecule has 0 aromatic heterocycles. The first kappa shape index (κ1) is 28.3. The molecule has 192 valence electrons. The summed E-state index contributed by atoms with van der Waals surface area (Å²) in [5.41, 5.74) is -4.26. The fraction of sp³-hybridized carbons (Fsp3) is 0.667. The summed E-state index contributed by atoms with van der Waals surface area (Å²) < 4.78 is 35.4. The van der Waals surface area contributed by atoms with Crippen molar-refractivity contribution in [1.29, 1.82) is 0 Å². The van der Waals surface area contributed by atoms with Gasteiger partial charge in [0.25, 0.3) is 0 Å². The van der Waals surface area contributed by atoms with E-state index in [1.165, 1.54) is 0 Å². The molecule has 34 heavy (non-hydrogen) atoms. The van der Waals surface area contributed by atoms with Crippen molar-refractivity contribution in [1.82, 2.24) is 0 Å². The fourth-order valence-corrected chi connectivity index (χ4v) is 5.86. The van der Waals surface area contributed by atoms with Gasteiger partial charge in [0.2, 0.25) is 0 Å². The van der Waals surface area contributed by atoms with Crippen LogP contribution in [0, 0.1) is 10.8 Å². The summed E-state index contributed by atoms with van der Waals surface area (Å²) in [5.74, 6) is 1.16. The number of allylic oxidation sites excluding steroid dienone is 4. The highest BCUT2D eigenvalue weighted by Crippen LogP contribution is 2.55. The average Bonchev–Trinajstić information content (AvgIpc) is 2.89. The molecular weight excluding hydrogens is 436 g/mol. The molecule has 0 spiro atoms. The van der Waals surface area contributed by atoms with Gasteiger partial charge in [-0.25, -0.2) is 0 Å². The van der Waals surface area contributed by atoms with Crippen molar-refractivity contribution in [2.24, 2.45) is 10.8 Å². The van der Waals surface area contributed by atoms with Gasteiger partial charge in [0.05, 0.1) is 25.0 Å². The van der Waals surface area contributed by atoms with Crippen molar-refractivity contribution in [2.75, 3.05) is 42.7 Å². The van der Waals surface area contributed by atoms with Crippen molar-refractivity contribution in [3.05, 3.63) is 48.0 Å². The van der Waals surface area contributed by atoms with Crippen LogP contribution in [0.25, 0.3) is 0 Å². The van der Waals surface area contributed by atoms with E-state index in [0.29, 0.717) is 24.4 Å². The minimum absolute atomic E-state index is 0.0261. The van der Waals surface area contributed by atoms with Gasteiger partial charge in [0.15, 0.2) is 5.78 Å². The predicted octanol–water partition coefficient (Wildman–Crippen LogP) is 4.39. The summed E-state index contributed by atoms with van der Waals surface area (Å²) in [4.78, 5) is 14.9. The van der Waals surface area contributed by atoms with E-state index in [1.807, 2.05) is 64.2 Å². The van der Waals surface area contributed by atoms with Crippen LogP contribution in [-0.2, 0) is 33.2 Å². The zero-order valence-electron chi connectivity index (χ0n) is 22.4. The number of hydrogen-bond donors (Lipinski definition) is 0. The van der Waals surface area contributed by atoms with E-state index >= 15 is 0 Å². The Kier molecular flexibility index (Phi) is 8.97. The zero-order chi connectivity index (χ0) is 25.8. The van der Waals surface area contributed by atoms with Crippen molar-refractivity contribution >= 4 is 5.78 Å². The van der Waals surface area contributed by atoms with E-state index < -0.39 is 34.2 Å². The Morgan fingerprint density at radius 1 is 0.765 bits per heavy atom. The van der Waals surface area contributed by atoms with Crippen LogP contribution in [0.4, 0.5) is 0 Å². The molecule has 0 amide bonds. The zero-order valence-corrected chi connectivity index (χ0v) is 22.4. The number of methoxy groups -OCH3 is 6.